The van der Waals surface area contributed by atoms with Gasteiger partial charge in [0.1, 0.15) is 0 Å². The zero-order chi connectivity index (χ0) is 12.3. The number of benzene rings is 1. The highest BCUT2D eigenvalue weighted by Gasteiger charge is 1.99. The van der Waals surface area contributed by atoms with Gasteiger partial charge in [-0.25, -0.2) is 0 Å². The summed E-state index contributed by atoms with van der Waals surface area (Å²) < 4.78 is 5.64. The van der Waals surface area contributed by atoms with Gasteiger partial charge in [-0.15, -0.1) is 0 Å². The molecule has 2 heteroatoms. The molecule has 0 saturated heterocycles. The monoisotopic (exact) mass is 235 g/mol. The summed E-state index contributed by atoms with van der Waals surface area (Å²) in [4.78, 5) is 0. The van der Waals surface area contributed by atoms with Crippen LogP contribution in [0, 0.1) is 0 Å². The SMILES string of the molecule is CCNC(C)CCCCOCc1ccccc1. The lowest BCUT2D eigenvalue weighted by Gasteiger charge is -2.11. The van der Waals surface area contributed by atoms with Crippen molar-refractivity contribution in [3.8, 4) is 0 Å². The summed E-state index contributed by atoms with van der Waals surface area (Å²) in [6, 6.07) is 11.0. The van der Waals surface area contributed by atoms with Crippen molar-refractivity contribution in [2.75, 3.05) is 13.2 Å². The Morgan fingerprint density at radius 2 is 1.94 bits per heavy atom. The van der Waals surface area contributed by atoms with Crippen molar-refractivity contribution in [1.82, 2.24) is 5.32 Å². The predicted octanol–water partition coefficient (Wildman–Crippen LogP) is 3.37. The maximum atomic E-state index is 5.64. The largest absolute Gasteiger partial charge is 0.377 e. The maximum absolute atomic E-state index is 5.64. The lowest BCUT2D eigenvalue weighted by atomic mass is 10.1. The topological polar surface area (TPSA) is 21.3 Å². The van der Waals surface area contributed by atoms with Gasteiger partial charge < -0.3 is 10.1 Å². The molecule has 2 nitrogen and oxygen atoms in total. The van der Waals surface area contributed by atoms with Crippen LogP contribution in [0.15, 0.2) is 30.3 Å². The molecule has 1 atom stereocenters. The van der Waals surface area contributed by atoms with Gasteiger partial charge in [-0.3, -0.25) is 0 Å². The standard InChI is InChI=1S/C15H25NO/c1-3-16-14(2)9-7-8-12-17-13-15-10-5-4-6-11-15/h4-6,10-11,14,16H,3,7-9,12-13H2,1-2H3. The Morgan fingerprint density at radius 3 is 2.65 bits per heavy atom. The number of hydrogen-bond acceptors (Lipinski definition) is 2. The Balaban J connectivity index is 1.95. The van der Waals surface area contributed by atoms with Crippen molar-refractivity contribution in [2.24, 2.45) is 0 Å². The van der Waals surface area contributed by atoms with Gasteiger partial charge in [0, 0.05) is 12.6 Å². The third kappa shape index (κ3) is 7.14. The van der Waals surface area contributed by atoms with Crippen LogP contribution in [-0.2, 0) is 11.3 Å². The number of nitrogens with one attached hydrogen (secondary N) is 1. The van der Waals surface area contributed by atoms with Gasteiger partial charge in [-0.05, 0) is 38.3 Å². The molecule has 0 spiro atoms. The molecule has 1 unspecified atom stereocenters. The molecular weight excluding hydrogens is 210 g/mol. The average Bonchev–Trinajstić information content (AvgIpc) is 2.35. The summed E-state index contributed by atoms with van der Waals surface area (Å²) in [6.07, 6.45) is 3.63. The fourth-order valence-corrected chi connectivity index (χ4v) is 1.87. The zero-order valence-corrected chi connectivity index (χ0v) is 11.1. The zero-order valence-electron chi connectivity index (χ0n) is 11.1. The maximum Gasteiger partial charge on any atom is 0.0716 e. The van der Waals surface area contributed by atoms with Crippen molar-refractivity contribution in [3.05, 3.63) is 35.9 Å². The first-order valence-corrected chi connectivity index (χ1v) is 6.68. The molecule has 1 N–H and O–H groups in total. The molecule has 0 saturated carbocycles. The summed E-state index contributed by atoms with van der Waals surface area (Å²) in [7, 11) is 0. The Morgan fingerprint density at radius 1 is 1.18 bits per heavy atom. The third-order valence-electron chi connectivity index (χ3n) is 2.84. The molecule has 0 bridgehead atoms. The first-order valence-electron chi connectivity index (χ1n) is 6.68. The minimum Gasteiger partial charge on any atom is -0.377 e. The smallest absolute Gasteiger partial charge is 0.0716 e. The van der Waals surface area contributed by atoms with E-state index in [1.807, 2.05) is 6.07 Å². The molecule has 17 heavy (non-hydrogen) atoms. The minimum absolute atomic E-state index is 0.633. The van der Waals surface area contributed by atoms with Crippen LogP contribution in [0.1, 0.15) is 38.7 Å². The van der Waals surface area contributed by atoms with Crippen LogP contribution in [0.3, 0.4) is 0 Å². The molecule has 0 aliphatic heterocycles. The van der Waals surface area contributed by atoms with E-state index in [9.17, 15) is 0 Å². The molecule has 0 radical (unpaired) electrons. The van der Waals surface area contributed by atoms with E-state index in [0.717, 1.165) is 26.2 Å². The highest BCUT2D eigenvalue weighted by molar-refractivity contribution is 5.13. The summed E-state index contributed by atoms with van der Waals surface area (Å²) in [5, 5.41) is 3.42. The number of ether oxygens (including phenoxy) is 1. The molecule has 1 aromatic carbocycles. The molecule has 0 heterocycles. The second kappa shape index (κ2) is 9.20. The van der Waals surface area contributed by atoms with E-state index in [2.05, 4.69) is 43.4 Å². The van der Waals surface area contributed by atoms with E-state index in [4.69, 9.17) is 4.74 Å². The molecule has 0 aliphatic rings. The van der Waals surface area contributed by atoms with Crippen molar-refractivity contribution in [3.63, 3.8) is 0 Å². The molecule has 0 aliphatic carbocycles. The van der Waals surface area contributed by atoms with E-state index in [-0.39, 0.29) is 0 Å². The second-order valence-corrected chi connectivity index (χ2v) is 4.49. The van der Waals surface area contributed by atoms with Crippen LogP contribution in [0.5, 0.6) is 0 Å². The number of unbranched alkanes of at least 4 members (excludes halogenated alkanes) is 1. The molecule has 96 valence electrons. The van der Waals surface area contributed by atoms with Crippen molar-refractivity contribution in [2.45, 2.75) is 45.8 Å². The molecule has 0 aromatic heterocycles. The molecule has 0 amide bonds. The quantitative estimate of drug-likeness (QED) is 0.663. The minimum atomic E-state index is 0.633. The highest BCUT2D eigenvalue weighted by atomic mass is 16.5. The van der Waals surface area contributed by atoms with E-state index in [1.165, 1.54) is 18.4 Å². The van der Waals surface area contributed by atoms with Gasteiger partial charge in [-0.1, -0.05) is 37.3 Å². The van der Waals surface area contributed by atoms with Crippen LogP contribution >= 0.6 is 0 Å². The van der Waals surface area contributed by atoms with Crippen molar-refractivity contribution < 1.29 is 4.74 Å². The summed E-state index contributed by atoms with van der Waals surface area (Å²) in [5.74, 6) is 0. The Labute approximate surface area is 105 Å². The van der Waals surface area contributed by atoms with Crippen LogP contribution in [0.4, 0.5) is 0 Å². The molecular formula is C15H25NO. The summed E-state index contributed by atoms with van der Waals surface area (Å²) in [6.45, 7) is 7.07. The second-order valence-electron chi connectivity index (χ2n) is 4.49. The van der Waals surface area contributed by atoms with E-state index >= 15 is 0 Å². The van der Waals surface area contributed by atoms with E-state index in [1.54, 1.807) is 0 Å². The first kappa shape index (κ1) is 14.2. The molecule has 0 fully saturated rings. The van der Waals surface area contributed by atoms with Gasteiger partial charge in [0.25, 0.3) is 0 Å². The van der Waals surface area contributed by atoms with Crippen LogP contribution in [0.2, 0.25) is 0 Å². The Hall–Kier alpha value is -0.860. The highest BCUT2D eigenvalue weighted by Crippen LogP contribution is 2.04. The van der Waals surface area contributed by atoms with Crippen LogP contribution in [-0.4, -0.2) is 19.2 Å². The normalized spacial score (nSPS) is 12.6. The third-order valence-corrected chi connectivity index (χ3v) is 2.84. The Kier molecular flexibility index (Phi) is 7.69. The molecule has 1 rings (SSSR count). The molecule has 1 aromatic rings. The fourth-order valence-electron chi connectivity index (χ4n) is 1.87. The van der Waals surface area contributed by atoms with Crippen molar-refractivity contribution >= 4 is 0 Å². The van der Waals surface area contributed by atoms with Gasteiger partial charge in [0.05, 0.1) is 6.61 Å². The fraction of sp³-hybridized carbons (Fsp3) is 0.600. The van der Waals surface area contributed by atoms with Gasteiger partial charge in [0.2, 0.25) is 0 Å². The Bertz CT molecular complexity index is 274. The van der Waals surface area contributed by atoms with E-state index < -0.39 is 0 Å². The number of hydrogen-bond donors (Lipinski definition) is 1. The van der Waals surface area contributed by atoms with Gasteiger partial charge in [0.15, 0.2) is 0 Å². The lowest BCUT2D eigenvalue weighted by molar-refractivity contribution is 0.116. The van der Waals surface area contributed by atoms with Gasteiger partial charge in [-0.2, -0.15) is 0 Å². The van der Waals surface area contributed by atoms with Crippen LogP contribution in [0.25, 0.3) is 0 Å². The average molecular weight is 235 g/mol. The number of rotatable bonds is 9. The summed E-state index contributed by atoms with van der Waals surface area (Å²) >= 11 is 0. The van der Waals surface area contributed by atoms with Gasteiger partial charge >= 0.3 is 0 Å². The van der Waals surface area contributed by atoms with Crippen LogP contribution < -0.4 is 5.32 Å². The first-order chi connectivity index (χ1) is 8.33. The summed E-state index contributed by atoms with van der Waals surface area (Å²) in [5.41, 5.74) is 1.26. The predicted molar refractivity (Wildman–Crippen MR) is 73.1 cm³/mol. The lowest BCUT2D eigenvalue weighted by Crippen LogP contribution is -2.25. The van der Waals surface area contributed by atoms with E-state index in [0.29, 0.717) is 6.04 Å². The van der Waals surface area contributed by atoms with Crippen molar-refractivity contribution in [1.29, 1.82) is 0 Å².